The summed E-state index contributed by atoms with van der Waals surface area (Å²) in [7, 11) is 5.95. The van der Waals surface area contributed by atoms with Gasteiger partial charge in [0.2, 0.25) is 0 Å². The summed E-state index contributed by atoms with van der Waals surface area (Å²) in [6.07, 6.45) is 31.2. The molecule has 0 amide bonds. The molecule has 0 aliphatic heterocycles. The van der Waals surface area contributed by atoms with Gasteiger partial charge in [0.15, 0.2) is 6.10 Å². The number of likely N-dealkylation sites (N-methyl/N-ethyl adjacent to an activating group) is 1. The Kier molecular flexibility index (Phi) is 33.7. The fraction of sp³-hybridized carbons (Fsp3) is 0.881. The van der Waals surface area contributed by atoms with Crippen LogP contribution in [0.3, 0.4) is 0 Å². The molecule has 300 valence electrons. The molecule has 0 aliphatic rings. The highest BCUT2D eigenvalue weighted by Gasteiger charge is 2.25. The first-order valence-electron chi connectivity index (χ1n) is 20.9. The van der Waals surface area contributed by atoms with Crippen molar-refractivity contribution in [2.45, 2.75) is 193 Å². The van der Waals surface area contributed by atoms with Crippen LogP contribution >= 0.6 is 0 Å². The third-order valence-electron chi connectivity index (χ3n) is 9.02. The number of hydrogen-bond acceptors (Lipinski definition) is 7. The maximum Gasteiger partial charge on any atom is 0.361 e. The van der Waals surface area contributed by atoms with Gasteiger partial charge in [0, 0.05) is 12.8 Å². The number of rotatable bonds is 38. The number of ether oxygens (including phenoxy) is 4. The molecule has 0 saturated carbocycles. The molecule has 0 aromatic heterocycles. The number of carbonyl (C=O) groups is 3. The Bertz CT molecular complexity index is 856. The van der Waals surface area contributed by atoms with Gasteiger partial charge in [0.05, 0.1) is 34.4 Å². The number of quaternary nitrogens is 1. The molecule has 2 unspecified atom stereocenters. The number of nitrogens with zero attached hydrogens (tertiary/aromatic N) is 1. The molecule has 0 bridgehead atoms. The Morgan fingerprint density at radius 3 is 1.51 bits per heavy atom. The van der Waals surface area contributed by atoms with Crippen LogP contribution in [0.15, 0.2) is 12.2 Å². The number of unbranched alkanes of at least 4 members (excludes halogenated alkanes) is 21. The van der Waals surface area contributed by atoms with E-state index in [9.17, 15) is 19.5 Å². The van der Waals surface area contributed by atoms with Crippen LogP contribution in [0.5, 0.6) is 0 Å². The lowest BCUT2D eigenvalue weighted by Gasteiger charge is -2.25. The third-order valence-corrected chi connectivity index (χ3v) is 9.02. The lowest BCUT2D eigenvalue weighted by Crippen LogP contribution is -2.40. The van der Waals surface area contributed by atoms with E-state index in [1.54, 1.807) is 0 Å². The third kappa shape index (κ3) is 36.2. The molecule has 1 N–H and O–H groups in total. The molecule has 9 heteroatoms. The molecule has 2 atom stereocenters. The van der Waals surface area contributed by atoms with Crippen molar-refractivity contribution in [1.29, 1.82) is 0 Å². The summed E-state index contributed by atoms with van der Waals surface area (Å²) in [5.74, 6) is -2.01. The molecule has 0 saturated heterocycles. The van der Waals surface area contributed by atoms with E-state index in [2.05, 4.69) is 26.0 Å². The molecule has 0 fully saturated rings. The van der Waals surface area contributed by atoms with Gasteiger partial charge in [-0.1, -0.05) is 148 Å². The van der Waals surface area contributed by atoms with Crippen LogP contribution in [0.1, 0.15) is 181 Å². The molecule has 0 spiro atoms. The van der Waals surface area contributed by atoms with Crippen molar-refractivity contribution in [2.75, 3.05) is 47.5 Å². The lowest BCUT2D eigenvalue weighted by molar-refractivity contribution is -0.870. The zero-order valence-corrected chi connectivity index (χ0v) is 33.8. The van der Waals surface area contributed by atoms with E-state index in [-0.39, 0.29) is 32.2 Å². The highest BCUT2D eigenvalue weighted by atomic mass is 16.7. The summed E-state index contributed by atoms with van der Waals surface area (Å²) in [6, 6.07) is 0. The first-order chi connectivity index (χ1) is 24.6. The van der Waals surface area contributed by atoms with Gasteiger partial charge in [-0.15, -0.1) is 0 Å². The fourth-order valence-electron chi connectivity index (χ4n) is 5.70. The van der Waals surface area contributed by atoms with E-state index in [0.717, 1.165) is 57.8 Å². The van der Waals surface area contributed by atoms with Gasteiger partial charge in [0.25, 0.3) is 6.29 Å². The number of carboxylic acid groups (broad SMARTS) is 1. The lowest BCUT2D eigenvalue weighted by atomic mass is 10.0. The van der Waals surface area contributed by atoms with Crippen LogP contribution in [-0.2, 0) is 33.3 Å². The number of carbonyl (C=O) groups excluding carboxylic acids is 2. The monoisotopic (exact) mass is 727 g/mol. The summed E-state index contributed by atoms with van der Waals surface area (Å²) in [5, 5.41) is 9.60. The molecule has 0 radical (unpaired) electrons. The summed E-state index contributed by atoms with van der Waals surface area (Å²) >= 11 is 0. The van der Waals surface area contributed by atoms with Crippen molar-refractivity contribution in [3.63, 3.8) is 0 Å². The molecule has 9 nitrogen and oxygen atoms in total. The topological polar surface area (TPSA) is 108 Å². The predicted molar refractivity (Wildman–Crippen MR) is 208 cm³/mol. The fourth-order valence-corrected chi connectivity index (χ4v) is 5.70. The van der Waals surface area contributed by atoms with E-state index in [1.165, 1.54) is 89.9 Å². The van der Waals surface area contributed by atoms with Gasteiger partial charge < -0.3 is 28.5 Å². The van der Waals surface area contributed by atoms with E-state index in [4.69, 9.17) is 18.9 Å². The van der Waals surface area contributed by atoms with Crippen LogP contribution in [0.4, 0.5) is 0 Å². The maximum atomic E-state index is 12.7. The van der Waals surface area contributed by atoms with Gasteiger partial charge in [-0.3, -0.25) is 9.59 Å². The number of allylic oxidation sites excluding steroid dienone is 2. The Balaban J connectivity index is 4.45. The SMILES string of the molecule is CCCC/C=C\CCCCCCCC(=O)OC(COC(=O)CCCCCCCCCCCCCCCCC)COC(OCC[N+](C)(C)C)C(=O)O. The Morgan fingerprint density at radius 2 is 1.02 bits per heavy atom. The normalized spacial score (nSPS) is 13.0. The van der Waals surface area contributed by atoms with E-state index in [0.29, 0.717) is 23.9 Å². The molecule has 0 aromatic rings. The van der Waals surface area contributed by atoms with Crippen LogP contribution < -0.4 is 0 Å². The molecule has 0 aliphatic carbocycles. The standard InChI is InChI=1S/C42H79NO8/c1-6-8-10-12-14-16-18-19-20-21-23-24-26-28-30-32-39(44)49-36-38(37-50-42(41(46)47)48-35-34-43(3,4)5)51-40(45)33-31-29-27-25-22-17-15-13-11-9-7-2/h13,15,38,42H,6-12,14,16-37H2,1-5H3/p+1/b15-13-. The van der Waals surface area contributed by atoms with Crippen molar-refractivity contribution in [1.82, 2.24) is 0 Å². The average Bonchev–Trinajstić information content (AvgIpc) is 3.08. The first-order valence-corrected chi connectivity index (χ1v) is 20.9. The Labute approximate surface area is 313 Å². The quantitative estimate of drug-likeness (QED) is 0.0220. The van der Waals surface area contributed by atoms with Crippen LogP contribution in [0, 0.1) is 0 Å². The van der Waals surface area contributed by atoms with E-state index in [1.807, 2.05) is 21.1 Å². The first kappa shape index (κ1) is 49.0. The van der Waals surface area contributed by atoms with Gasteiger partial charge >= 0.3 is 17.9 Å². The summed E-state index contributed by atoms with van der Waals surface area (Å²) in [4.78, 5) is 36.9. The molecule has 0 aromatic carbocycles. The van der Waals surface area contributed by atoms with Crippen molar-refractivity contribution in [2.24, 2.45) is 0 Å². The van der Waals surface area contributed by atoms with Crippen molar-refractivity contribution >= 4 is 17.9 Å². The van der Waals surface area contributed by atoms with Crippen LogP contribution in [0.2, 0.25) is 0 Å². The number of carboxylic acids is 1. The summed E-state index contributed by atoms with van der Waals surface area (Å²) in [6.45, 7) is 4.82. The second-order valence-corrected chi connectivity index (χ2v) is 15.3. The molecule has 0 heterocycles. The summed E-state index contributed by atoms with van der Waals surface area (Å²) in [5.41, 5.74) is 0. The van der Waals surface area contributed by atoms with E-state index >= 15 is 0 Å². The molecule has 51 heavy (non-hydrogen) atoms. The minimum Gasteiger partial charge on any atom is -0.477 e. The molecular weight excluding hydrogens is 646 g/mol. The van der Waals surface area contributed by atoms with Gasteiger partial charge in [-0.05, 0) is 32.1 Å². The van der Waals surface area contributed by atoms with Crippen LogP contribution in [-0.4, -0.2) is 87.4 Å². The highest BCUT2D eigenvalue weighted by Crippen LogP contribution is 2.15. The number of aliphatic carboxylic acids is 1. The predicted octanol–water partition coefficient (Wildman–Crippen LogP) is 10.3. The Morgan fingerprint density at radius 1 is 0.569 bits per heavy atom. The van der Waals surface area contributed by atoms with Crippen molar-refractivity contribution in [3.05, 3.63) is 12.2 Å². The van der Waals surface area contributed by atoms with Gasteiger partial charge in [-0.2, -0.15) is 0 Å². The average molecular weight is 727 g/mol. The van der Waals surface area contributed by atoms with Gasteiger partial charge in [-0.25, -0.2) is 4.79 Å². The van der Waals surface area contributed by atoms with Gasteiger partial charge in [0.1, 0.15) is 13.2 Å². The van der Waals surface area contributed by atoms with Crippen molar-refractivity contribution in [3.8, 4) is 0 Å². The summed E-state index contributed by atoms with van der Waals surface area (Å²) < 4.78 is 22.6. The van der Waals surface area contributed by atoms with Crippen LogP contribution in [0.25, 0.3) is 0 Å². The zero-order valence-electron chi connectivity index (χ0n) is 33.8. The highest BCUT2D eigenvalue weighted by molar-refractivity contribution is 5.71. The minimum absolute atomic E-state index is 0.180. The van der Waals surface area contributed by atoms with E-state index < -0.39 is 24.3 Å². The maximum absolute atomic E-state index is 12.7. The Hall–Kier alpha value is -1.97. The van der Waals surface area contributed by atoms with Crippen molar-refractivity contribution < 1.29 is 42.9 Å². The second-order valence-electron chi connectivity index (χ2n) is 15.3. The minimum atomic E-state index is -1.50. The smallest absolute Gasteiger partial charge is 0.361 e. The molecular formula is C42H80NO8+. The number of hydrogen-bond donors (Lipinski definition) is 1. The largest absolute Gasteiger partial charge is 0.477 e. The zero-order chi connectivity index (χ0) is 37.8. The molecule has 0 rings (SSSR count). The second kappa shape index (κ2) is 35.1. The number of esters is 2.